The van der Waals surface area contributed by atoms with Gasteiger partial charge >= 0.3 is 0 Å². The highest BCUT2D eigenvalue weighted by atomic mass is 16.6. The number of carbonyl (C=O) groups is 1. The Hall–Kier alpha value is -4.00. The number of hydrogen-bond acceptors (Lipinski definition) is 4. The first-order chi connectivity index (χ1) is 13.1. The molecule has 0 aliphatic rings. The molecule has 0 saturated carbocycles. The molecule has 27 heavy (non-hydrogen) atoms. The summed E-state index contributed by atoms with van der Waals surface area (Å²) < 4.78 is 0. The van der Waals surface area contributed by atoms with Gasteiger partial charge in [0.2, 0.25) is 0 Å². The molecule has 3 aromatic carbocycles. The van der Waals surface area contributed by atoms with Crippen molar-refractivity contribution in [2.24, 2.45) is 0 Å². The molecule has 1 amide bonds. The van der Waals surface area contributed by atoms with Crippen LogP contribution in [0.1, 0.15) is 10.4 Å². The van der Waals surface area contributed by atoms with Crippen LogP contribution in [0, 0.1) is 10.1 Å². The van der Waals surface area contributed by atoms with Crippen LogP contribution >= 0.6 is 0 Å². The first-order valence-electron chi connectivity index (χ1n) is 8.20. The molecule has 0 aliphatic heterocycles. The molecular formula is C20H14N4O3. The summed E-state index contributed by atoms with van der Waals surface area (Å²) in [5.74, 6) is 0.0625. The Morgan fingerprint density at radius 3 is 2.59 bits per heavy atom. The molecule has 7 nitrogen and oxygen atoms in total. The fourth-order valence-electron chi connectivity index (χ4n) is 2.84. The van der Waals surface area contributed by atoms with Gasteiger partial charge in [-0.15, -0.1) is 0 Å². The Labute approximate surface area is 153 Å². The van der Waals surface area contributed by atoms with Crippen molar-refractivity contribution in [2.45, 2.75) is 0 Å². The number of hydrogen-bond donors (Lipinski definition) is 2. The smallest absolute Gasteiger partial charge is 0.270 e. The van der Waals surface area contributed by atoms with E-state index in [1.54, 1.807) is 24.3 Å². The van der Waals surface area contributed by atoms with E-state index in [4.69, 9.17) is 0 Å². The largest absolute Gasteiger partial charge is 0.305 e. The van der Waals surface area contributed by atoms with Gasteiger partial charge in [-0.05, 0) is 22.9 Å². The predicted octanol–water partition coefficient (Wildman–Crippen LogP) is 4.39. The van der Waals surface area contributed by atoms with Crippen LogP contribution in [-0.4, -0.2) is 21.0 Å². The Morgan fingerprint density at radius 2 is 1.78 bits per heavy atom. The van der Waals surface area contributed by atoms with Crippen molar-refractivity contribution in [2.75, 3.05) is 5.32 Å². The van der Waals surface area contributed by atoms with E-state index in [2.05, 4.69) is 15.5 Å². The van der Waals surface area contributed by atoms with E-state index in [1.807, 2.05) is 36.4 Å². The third kappa shape index (κ3) is 3.38. The van der Waals surface area contributed by atoms with E-state index in [9.17, 15) is 14.9 Å². The van der Waals surface area contributed by atoms with Gasteiger partial charge in [0.25, 0.3) is 11.6 Å². The average molecular weight is 358 g/mol. The molecule has 7 heteroatoms. The van der Waals surface area contributed by atoms with Crippen LogP contribution in [0.4, 0.5) is 11.5 Å². The second-order valence-electron chi connectivity index (χ2n) is 5.99. The van der Waals surface area contributed by atoms with Crippen molar-refractivity contribution in [3.8, 4) is 11.3 Å². The maximum atomic E-state index is 12.5. The van der Waals surface area contributed by atoms with Crippen LogP contribution in [0.3, 0.4) is 0 Å². The molecule has 0 aliphatic carbocycles. The lowest BCUT2D eigenvalue weighted by molar-refractivity contribution is -0.384. The number of benzene rings is 3. The molecule has 4 rings (SSSR count). The van der Waals surface area contributed by atoms with Gasteiger partial charge < -0.3 is 5.32 Å². The molecule has 0 unspecified atom stereocenters. The summed E-state index contributed by atoms with van der Waals surface area (Å²) in [5, 5.41) is 22.5. The fraction of sp³-hybridized carbons (Fsp3) is 0. The zero-order valence-corrected chi connectivity index (χ0v) is 14.0. The van der Waals surface area contributed by atoms with Crippen LogP contribution in [0.5, 0.6) is 0 Å². The van der Waals surface area contributed by atoms with E-state index in [0.29, 0.717) is 22.6 Å². The number of nitro benzene ring substituents is 1. The van der Waals surface area contributed by atoms with Gasteiger partial charge in [0.05, 0.1) is 10.6 Å². The van der Waals surface area contributed by atoms with E-state index in [1.165, 1.54) is 12.1 Å². The summed E-state index contributed by atoms with van der Waals surface area (Å²) in [6.45, 7) is 0. The first-order valence-corrected chi connectivity index (χ1v) is 8.20. The van der Waals surface area contributed by atoms with Crippen LogP contribution in [-0.2, 0) is 0 Å². The zero-order chi connectivity index (χ0) is 18.8. The van der Waals surface area contributed by atoms with Crippen LogP contribution in [0.2, 0.25) is 0 Å². The van der Waals surface area contributed by atoms with E-state index in [-0.39, 0.29) is 11.6 Å². The Bertz CT molecular complexity index is 1170. The van der Waals surface area contributed by atoms with E-state index in [0.717, 1.165) is 10.8 Å². The zero-order valence-electron chi connectivity index (χ0n) is 14.0. The SMILES string of the molecule is O=C(Nc1cc(-c2cccc([N+](=O)[O-])c2)[nH]n1)c1ccc2ccccc2c1. The molecule has 2 N–H and O–H groups in total. The number of amides is 1. The minimum atomic E-state index is -0.456. The summed E-state index contributed by atoms with van der Waals surface area (Å²) in [4.78, 5) is 22.9. The lowest BCUT2D eigenvalue weighted by Gasteiger charge is -2.03. The molecule has 0 radical (unpaired) electrons. The minimum absolute atomic E-state index is 0.0103. The van der Waals surface area contributed by atoms with Gasteiger partial charge in [-0.1, -0.05) is 42.5 Å². The Kier molecular flexibility index (Phi) is 4.10. The van der Waals surface area contributed by atoms with Gasteiger partial charge in [-0.25, -0.2) is 0 Å². The highest BCUT2D eigenvalue weighted by molar-refractivity contribution is 6.06. The summed E-state index contributed by atoms with van der Waals surface area (Å²) in [6.07, 6.45) is 0. The summed E-state index contributed by atoms with van der Waals surface area (Å²) in [5.41, 5.74) is 1.70. The van der Waals surface area contributed by atoms with Crippen molar-refractivity contribution in [1.82, 2.24) is 10.2 Å². The Morgan fingerprint density at radius 1 is 0.963 bits per heavy atom. The number of nitrogens with one attached hydrogen (secondary N) is 2. The number of rotatable bonds is 4. The monoisotopic (exact) mass is 358 g/mol. The van der Waals surface area contributed by atoms with Gasteiger partial charge in [0.15, 0.2) is 5.82 Å². The highest BCUT2D eigenvalue weighted by Crippen LogP contribution is 2.24. The molecule has 1 aromatic heterocycles. The molecule has 0 atom stereocenters. The Balaban J connectivity index is 1.55. The van der Waals surface area contributed by atoms with E-state index < -0.39 is 4.92 Å². The number of aromatic amines is 1. The number of fused-ring (bicyclic) bond motifs is 1. The molecule has 0 saturated heterocycles. The number of non-ortho nitro benzene ring substituents is 1. The average Bonchev–Trinajstić information content (AvgIpc) is 3.16. The second kappa shape index (κ2) is 6.72. The third-order valence-electron chi connectivity index (χ3n) is 4.20. The van der Waals surface area contributed by atoms with Gasteiger partial charge in [-0.2, -0.15) is 5.10 Å². The summed E-state index contributed by atoms with van der Waals surface area (Å²) in [6, 6.07) is 21.1. The van der Waals surface area contributed by atoms with Gasteiger partial charge in [0, 0.05) is 29.3 Å². The van der Waals surface area contributed by atoms with Crippen LogP contribution in [0.15, 0.2) is 72.8 Å². The number of nitrogens with zero attached hydrogens (tertiary/aromatic N) is 2. The third-order valence-corrected chi connectivity index (χ3v) is 4.20. The van der Waals surface area contributed by atoms with Gasteiger partial charge in [0.1, 0.15) is 0 Å². The normalized spacial score (nSPS) is 10.7. The van der Waals surface area contributed by atoms with Crippen molar-refractivity contribution in [3.63, 3.8) is 0 Å². The van der Waals surface area contributed by atoms with Crippen molar-refractivity contribution >= 4 is 28.2 Å². The maximum absolute atomic E-state index is 12.5. The van der Waals surface area contributed by atoms with Gasteiger partial charge in [-0.3, -0.25) is 20.0 Å². The number of aromatic nitrogens is 2. The standard InChI is InChI=1S/C20H14N4O3/c25-20(16-9-8-13-4-1-2-5-14(13)10-16)21-19-12-18(22-23-19)15-6-3-7-17(11-15)24(26)27/h1-12H,(H2,21,22,23,25). The van der Waals surface area contributed by atoms with Crippen molar-refractivity contribution in [1.29, 1.82) is 0 Å². The number of carbonyl (C=O) groups excluding carboxylic acids is 1. The summed E-state index contributed by atoms with van der Waals surface area (Å²) >= 11 is 0. The summed E-state index contributed by atoms with van der Waals surface area (Å²) in [7, 11) is 0. The molecule has 0 spiro atoms. The minimum Gasteiger partial charge on any atom is -0.305 e. The lowest BCUT2D eigenvalue weighted by atomic mass is 10.1. The molecule has 1 heterocycles. The predicted molar refractivity (Wildman–Crippen MR) is 103 cm³/mol. The first kappa shape index (κ1) is 16.5. The fourth-order valence-corrected chi connectivity index (χ4v) is 2.84. The number of nitro groups is 1. The molecule has 0 bridgehead atoms. The topological polar surface area (TPSA) is 101 Å². The van der Waals surface area contributed by atoms with E-state index >= 15 is 0 Å². The number of H-pyrrole nitrogens is 1. The molecule has 0 fully saturated rings. The van der Waals surface area contributed by atoms with Crippen molar-refractivity contribution in [3.05, 3.63) is 88.5 Å². The number of anilines is 1. The molecule has 4 aromatic rings. The van der Waals surface area contributed by atoms with Crippen LogP contribution in [0.25, 0.3) is 22.0 Å². The quantitative estimate of drug-likeness (QED) is 0.417. The second-order valence-corrected chi connectivity index (χ2v) is 5.99. The molecule has 132 valence electrons. The lowest BCUT2D eigenvalue weighted by Crippen LogP contribution is -2.12. The maximum Gasteiger partial charge on any atom is 0.270 e. The molecular weight excluding hydrogens is 344 g/mol. The van der Waals surface area contributed by atoms with Crippen molar-refractivity contribution < 1.29 is 9.72 Å². The highest BCUT2D eigenvalue weighted by Gasteiger charge is 2.12. The van der Waals surface area contributed by atoms with Crippen LogP contribution < -0.4 is 5.32 Å².